The molecule has 0 aliphatic carbocycles. The van der Waals surface area contributed by atoms with E-state index in [1.807, 2.05) is 11.3 Å². The number of guanidine groups is 1. The first-order valence-electron chi connectivity index (χ1n) is 10.2. The van der Waals surface area contributed by atoms with Crippen molar-refractivity contribution in [2.45, 2.75) is 32.7 Å². The molecular formula is C20H36N4O2S. The van der Waals surface area contributed by atoms with Crippen LogP contribution in [0.3, 0.4) is 0 Å². The summed E-state index contributed by atoms with van der Waals surface area (Å²) in [4.78, 5) is 8.86. The molecule has 154 valence electrons. The van der Waals surface area contributed by atoms with Gasteiger partial charge in [-0.15, -0.1) is 11.3 Å². The average molecular weight is 397 g/mol. The molecule has 1 atom stereocenters. The Balaban J connectivity index is 1.67. The molecule has 27 heavy (non-hydrogen) atoms. The fourth-order valence-electron chi connectivity index (χ4n) is 3.25. The Hall–Kier alpha value is -1.15. The van der Waals surface area contributed by atoms with Gasteiger partial charge in [0.05, 0.1) is 13.2 Å². The highest BCUT2D eigenvalue weighted by molar-refractivity contribution is 7.09. The van der Waals surface area contributed by atoms with E-state index >= 15 is 0 Å². The van der Waals surface area contributed by atoms with E-state index in [1.165, 1.54) is 24.3 Å². The number of aliphatic imine (C=N–C) groups is 1. The molecule has 2 rings (SSSR count). The maximum atomic E-state index is 5.50. The molecule has 1 unspecified atom stereocenters. The summed E-state index contributed by atoms with van der Waals surface area (Å²) in [5.74, 6) is 1.57. The average Bonchev–Trinajstić information content (AvgIpc) is 3.18. The van der Waals surface area contributed by atoms with Gasteiger partial charge in [0.25, 0.3) is 0 Å². The number of likely N-dealkylation sites (tertiary alicyclic amines) is 1. The summed E-state index contributed by atoms with van der Waals surface area (Å²) in [6.45, 7) is 10.2. The van der Waals surface area contributed by atoms with E-state index in [-0.39, 0.29) is 0 Å². The largest absolute Gasteiger partial charge is 0.382 e. The highest BCUT2D eigenvalue weighted by atomic mass is 32.1. The Kier molecular flexibility index (Phi) is 11.4. The van der Waals surface area contributed by atoms with Crippen LogP contribution in [0.1, 0.15) is 31.1 Å². The minimum Gasteiger partial charge on any atom is -0.382 e. The molecule has 0 spiro atoms. The van der Waals surface area contributed by atoms with E-state index in [9.17, 15) is 0 Å². The van der Waals surface area contributed by atoms with Crippen molar-refractivity contribution in [1.29, 1.82) is 0 Å². The van der Waals surface area contributed by atoms with E-state index in [2.05, 4.69) is 40.0 Å². The van der Waals surface area contributed by atoms with Crippen molar-refractivity contribution in [2.75, 3.05) is 59.7 Å². The molecule has 1 aliphatic rings. The zero-order valence-corrected chi connectivity index (χ0v) is 17.7. The first kappa shape index (κ1) is 22.1. The lowest BCUT2D eigenvalue weighted by Gasteiger charge is -2.31. The van der Waals surface area contributed by atoms with Gasteiger partial charge in [0.2, 0.25) is 0 Å². The number of ether oxygens (including phenoxy) is 2. The lowest BCUT2D eigenvalue weighted by Crippen LogP contribution is -2.40. The zero-order chi connectivity index (χ0) is 19.2. The van der Waals surface area contributed by atoms with Crippen molar-refractivity contribution in [1.82, 2.24) is 15.5 Å². The standard InChI is InChI=1S/C20H36N4O2S/c1-3-21-20(22-9-6-11-26-13-12-25-2)23-15-18-7-4-10-24(16-18)17-19-8-5-14-27-19/h5,8,14,18H,3-4,6-7,9-13,15-17H2,1-2H3,(H2,21,22,23). The van der Waals surface area contributed by atoms with Gasteiger partial charge in [0.1, 0.15) is 0 Å². The molecule has 7 heteroatoms. The normalized spacial score (nSPS) is 18.6. The predicted molar refractivity (Wildman–Crippen MR) is 114 cm³/mol. The van der Waals surface area contributed by atoms with Crippen LogP contribution >= 0.6 is 11.3 Å². The second-order valence-corrected chi connectivity index (χ2v) is 7.96. The Bertz CT molecular complexity index is 510. The van der Waals surface area contributed by atoms with Crippen LogP contribution in [-0.4, -0.2) is 70.5 Å². The van der Waals surface area contributed by atoms with Crippen LogP contribution in [0.2, 0.25) is 0 Å². The Labute approximate surface area is 168 Å². The summed E-state index contributed by atoms with van der Waals surface area (Å²) in [7, 11) is 1.69. The van der Waals surface area contributed by atoms with Crippen LogP contribution in [0.4, 0.5) is 0 Å². The van der Waals surface area contributed by atoms with Crippen molar-refractivity contribution < 1.29 is 9.47 Å². The molecule has 0 saturated carbocycles. The van der Waals surface area contributed by atoms with Crippen molar-refractivity contribution >= 4 is 17.3 Å². The molecule has 1 aromatic heterocycles. The number of hydrogen-bond donors (Lipinski definition) is 2. The van der Waals surface area contributed by atoms with Crippen LogP contribution in [0.15, 0.2) is 22.5 Å². The summed E-state index contributed by atoms with van der Waals surface area (Å²) in [5.41, 5.74) is 0. The van der Waals surface area contributed by atoms with E-state index < -0.39 is 0 Å². The van der Waals surface area contributed by atoms with Gasteiger partial charge in [0, 0.05) is 51.3 Å². The van der Waals surface area contributed by atoms with Crippen LogP contribution in [-0.2, 0) is 16.0 Å². The van der Waals surface area contributed by atoms with Crippen LogP contribution < -0.4 is 10.6 Å². The maximum absolute atomic E-state index is 5.50. The number of rotatable bonds is 12. The quantitative estimate of drug-likeness (QED) is 0.323. The van der Waals surface area contributed by atoms with Gasteiger partial charge in [-0.1, -0.05) is 6.07 Å². The van der Waals surface area contributed by atoms with Crippen molar-refractivity contribution in [3.63, 3.8) is 0 Å². The van der Waals surface area contributed by atoms with Gasteiger partial charge in [0.15, 0.2) is 5.96 Å². The van der Waals surface area contributed by atoms with Gasteiger partial charge in [-0.05, 0) is 50.1 Å². The summed E-state index contributed by atoms with van der Waals surface area (Å²) in [5, 5.41) is 8.93. The smallest absolute Gasteiger partial charge is 0.191 e. The molecule has 1 fully saturated rings. The van der Waals surface area contributed by atoms with Crippen molar-refractivity contribution in [3.05, 3.63) is 22.4 Å². The molecule has 0 aromatic carbocycles. The van der Waals surface area contributed by atoms with E-state index in [4.69, 9.17) is 14.5 Å². The fraction of sp³-hybridized carbons (Fsp3) is 0.750. The summed E-state index contributed by atoms with van der Waals surface area (Å²) in [6, 6.07) is 4.38. The number of thiophene rings is 1. The fourth-order valence-corrected chi connectivity index (χ4v) is 4.00. The van der Waals surface area contributed by atoms with Crippen LogP contribution in [0, 0.1) is 5.92 Å². The van der Waals surface area contributed by atoms with E-state index in [0.717, 1.165) is 51.7 Å². The van der Waals surface area contributed by atoms with E-state index in [1.54, 1.807) is 7.11 Å². The third-order valence-electron chi connectivity index (χ3n) is 4.60. The Morgan fingerprint density at radius 2 is 2.26 bits per heavy atom. The number of nitrogens with one attached hydrogen (secondary N) is 2. The zero-order valence-electron chi connectivity index (χ0n) is 16.9. The van der Waals surface area contributed by atoms with Crippen molar-refractivity contribution in [2.24, 2.45) is 10.9 Å². The summed E-state index contributed by atoms with van der Waals surface area (Å²) >= 11 is 1.85. The monoisotopic (exact) mass is 396 g/mol. The maximum Gasteiger partial charge on any atom is 0.191 e. The molecule has 1 aliphatic heterocycles. The molecule has 2 N–H and O–H groups in total. The van der Waals surface area contributed by atoms with Crippen molar-refractivity contribution in [3.8, 4) is 0 Å². The van der Waals surface area contributed by atoms with Gasteiger partial charge >= 0.3 is 0 Å². The SMILES string of the molecule is CCNC(=NCC1CCCN(Cc2cccs2)C1)NCCCOCCOC. The van der Waals surface area contributed by atoms with Gasteiger partial charge in [-0.3, -0.25) is 9.89 Å². The second-order valence-electron chi connectivity index (χ2n) is 6.93. The number of piperidine rings is 1. The third-order valence-corrected chi connectivity index (χ3v) is 5.47. The van der Waals surface area contributed by atoms with Crippen LogP contribution in [0.25, 0.3) is 0 Å². The number of nitrogens with zero attached hydrogens (tertiary/aromatic N) is 2. The third kappa shape index (κ3) is 9.55. The first-order chi connectivity index (χ1) is 13.3. The Morgan fingerprint density at radius 1 is 1.33 bits per heavy atom. The Morgan fingerprint density at radius 3 is 3.04 bits per heavy atom. The molecule has 0 bridgehead atoms. The molecule has 0 radical (unpaired) electrons. The highest BCUT2D eigenvalue weighted by Gasteiger charge is 2.20. The molecule has 1 aromatic rings. The summed E-state index contributed by atoms with van der Waals surface area (Å²) in [6.07, 6.45) is 3.51. The molecular weight excluding hydrogens is 360 g/mol. The minimum atomic E-state index is 0.645. The van der Waals surface area contributed by atoms with Gasteiger partial charge in [-0.25, -0.2) is 0 Å². The first-order valence-corrected chi connectivity index (χ1v) is 11.0. The number of methoxy groups -OCH3 is 1. The lowest BCUT2D eigenvalue weighted by molar-refractivity contribution is 0.0698. The van der Waals surface area contributed by atoms with E-state index in [0.29, 0.717) is 19.1 Å². The second kappa shape index (κ2) is 13.9. The molecule has 6 nitrogen and oxygen atoms in total. The molecule has 1 saturated heterocycles. The molecule has 0 amide bonds. The minimum absolute atomic E-state index is 0.645. The highest BCUT2D eigenvalue weighted by Crippen LogP contribution is 2.20. The molecule has 2 heterocycles. The van der Waals surface area contributed by atoms with Crippen LogP contribution in [0.5, 0.6) is 0 Å². The summed E-state index contributed by atoms with van der Waals surface area (Å²) < 4.78 is 10.5. The van der Waals surface area contributed by atoms with Gasteiger partial charge < -0.3 is 20.1 Å². The lowest BCUT2D eigenvalue weighted by atomic mass is 9.98. The number of hydrogen-bond acceptors (Lipinski definition) is 5. The predicted octanol–water partition coefficient (Wildman–Crippen LogP) is 2.57. The van der Waals surface area contributed by atoms with Gasteiger partial charge in [-0.2, -0.15) is 0 Å². The topological polar surface area (TPSA) is 58.1 Å².